The van der Waals surface area contributed by atoms with E-state index in [1.807, 2.05) is 36.4 Å². The second-order valence-electron chi connectivity index (χ2n) is 7.77. The van der Waals surface area contributed by atoms with Gasteiger partial charge in [-0.2, -0.15) is 5.10 Å². The average molecular weight is 422 g/mol. The third kappa shape index (κ3) is 3.33. The van der Waals surface area contributed by atoms with Crippen molar-refractivity contribution < 1.29 is 4.74 Å². The fraction of sp³-hybridized carbons (Fsp3) is 0.160. The van der Waals surface area contributed by atoms with Crippen LogP contribution < -0.4 is 4.90 Å². The second kappa shape index (κ2) is 7.94. The van der Waals surface area contributed by atoms with Crippen LogP contribution in [0.25, 0.3) is 39.6 Å². The van der Waals surface area contributed by atoms with Crippen LogP contribution in [0.4, 0.5) is 5.69 Å². The predicted octanol–water partition coefficient (Wildman–Crippen LogP) is 4.31. The zero-order chi connectivity index (χ0) is 21.3. The molecule has 7 nitrogen and oxygen atoms in total. The lowest BCUT2D eigenvalue weighted by Crippen LogP contribution is -2.36. The maximum absolute atomic E-state index is 5.50. The Kier molecular flexibility index (Phi) is 4.66. The molecule has 3 aromatic heterocycles. The lowest BCUT2D eigenvalue weighted by molar-refractivity contribution is 0.122. The van der Waals surface area contributed by atoms with Gasteiger partial charge in [0.15, 0.2) is 11.5 Å². The van der Waals surface area contributed by atoms with Crippen LogP contribution in [-0.4, -0.2) is 51.0 Å². The largest absolute Gasteiger partial charge is 0.378 e. The molecule has 5 aromatic rings. The molecule has 158 valence electrons. The lowest BCUT2D eigenvalue weighted by Gasteiger charge is -2.29. The summed E-state index contributed by atoms with van der Waals surface area (Å²) in [4.78, 5) is 12.3. The van der Waals surface area contributed by atoms with Crippen molar-refractivity contribution >= 4 is 16.9 Å². The predicted molar refractivity (Wildman–Crippen MR) is 125 cm³/mol. The molecule has 0 aliphatic carbocycles. The zero-order valence-electron chi connectivity index (χ0n) is 17.5. The minimum atomic E-state index is 0.765. The molecule has 1 N–H and O–H groups in total. The van der Waals surface area contributed by atoms with Gasteiger partial charge in [0.2, 0.25) is 0 Å². The van der Waals surface area contributed by atoms with Gasteiger partial charge in [-0.1, -0.05) is 30.3 Å². The Labute approximate surface area is 185 Å². The second-order valence-corrected chi connectivity index (χ2v) is 7.77. The Morgan fingerprint density at radius 1 is 0.812 bits per heavy atom. The topological polar surface area (TPSA) is 71.9 Å². The Balaban J connectivity index is 1.49. The molecule has 0 spiro atoms. The van der Waals surface area contributed by atoms with E-state index in [0.29, 0.717) is 0 Å². The van der Waals surface area contributed by atoms with Crippen molar-refractivity contribution in [3.8, 4) is 28.5 Å². The molecule has 1 fully saturated rings. The normalized spacial score (nSPS) is 14.2. The highest BCUT2D eigenvalue weighted by molar-refractivity contribution is 5.82. The Hall–Kier alpha value is -3.97. The number of H-pyrrole nitrogens is 1. The highest BCUT2D eigenvalue weighted by Crippen LogP contribution is 2.30. The van der Waals surface area contributed by atoms with Gasteiger partial charge in [-0.15, -0.1) is 0 Å². The van der Waals surface area contributed by atoms with Crippen molar-refractivity contribution in [2.75, 3.05) is 31.2 Å². The fourth-order valence-electron chi connectivity index (χ4n) is 4.18. The number of pyridine rings is 1. The van der Waals surface area contributed by atoms with Crippen LogP contribution in [0.2, 0.25) is 0 Å². The molecule has 0 bridgehead atoms. The maximum Gasteiger partial charge on any atom is 0.165 e. The summed E-state index contributed by atoms with van der Waals surface area (Å²) < 4.78 is 7.58. The first-order valence-corrected chi connectivity index (χ1v) is 10.7. The summed E-state index contributed by atoms with van der Waals surface area (Å²) in [5.74, 6) is 0.787. The standard InChI is InChI=1S/C25H22N6O/c1-2-6-19(7-3-1)31-24-22(28-25(31)23-11-12-26-29-23)10-9-21(27-24)18-5-4-8-20(17-18)30-13-15-32-16-14-30/h1-12,17H,13-16H2,(H,26,29). The quantitative estimate of drug-likeness (QED) is 0.467. The Morgan fingerprint density at radius 3 is 2.47 bits per heavy atom. The minimum Gasteiger partial charge on any atom is -0.378 e. The SMILES string of the molecule is c1ccc(-n2c(-c3ccn[nH]3)nc3ccc(-c4cccc(N5CCOCC5)c4)nc32)cc1. The van der Waals surface area contributed by atoms with Crippen molar-refractivity contribution in [1.82, 2.24) is 24.7 Å². The first-order chi connectivity index (χ1) is 15.9. The van der Waals surface area contributed by atoms with Crippen molar-refractivity contribution in [2.24, 2.45) is 0 Å². The summed E-state index contributed by atoms with van der Waals surface area (Å²) in [6.45, 7) is 3.34. The number of nitrogens with one attached hydrogen (secondary N) is 1. The first kappa shape index (κ1) is 18.8. The molecule has 1 saturated heterocycles. The van der Waals surface area contributed by atoms with Gasteiger partial charge in [0.05, 0.1) is 18.9 Å². The molecule has 32 heavy (non-hydrogen) atoms. The first-order valence-electron chi connectivity index (χ1n) is 10.7. The maximum atomic E-state index is 5.50. The average Bonchev–Trinajstić information content (AvgIpc) is 3.53. The van der Waals surface area contributed by atoms with Gasteiger partial charge in [-0.3, -0.25) is 9.67 Å². The zero-order valence-corrected chi connectivity index (χ0v) is 17.5. The van der Waals surface area contributed by atoms with Gasteiger partial charge >= 0.3 is 0 Å². The van der Waals surface area contributed by atoms with Crippen LogP contribution in [0, 0.1) is 0 Å². The number of imidazole rings is 1. The van der Waals surface area contributed by atoms with Crippen LogP contribution in [0.15, 0.2) is 79.0 Å². The summed E-state index contributed by atoms with van der Waals surface area (Å²) in [6, 6.07) is 24.7. The number of ether oxygens (including phenoxy) is 1. The molecule has 1 aliphatic heterocycles. The Bertz CT molecular complexity index is 1350. The van der Waals surface area contributed by atoms with Gasteiger partial charge < -0.3 is 9.64 Å². The van der Waals surface area contributed by atoms with E-state index in [-0.39, 0.29) is 0 Å². The number of aromatic amines is 1. The van der Waals surface area contributed by atoms with Crippen molar-refractivity contribution in [3.05, 3.63) is 79.0 Å². The van der Waals surface area contributed by atoms with E-state index < -0.39 is 0 Å². The molecular weight excluding hydrogens is 400 g/mol. The van der Waals surface area contributed by atoms with Gasteiger partial charge in [0.1, 0.15) is 11.2 Å². The van der Waals surface area contributed by atoms with Gasteiger partial charge in [0.25, 0.3) is 0 Å². The molecule has 0 amide bonds. The number of aromatic nitrogens is 5. The number of hydrogen-bond donors (Lipinski definition) is 1. The van der Waals surface area contributed by atoms with Gasteiger partial charge in [-0.25, -0.2) is 9.97 Å². The molecule has 7 heteroatoms. The third-order valence-corrected chi connectivity index (χ3v) is 5.78. The van der Waals surface area contributed by atoms with Crippen LogP contribution in [0.5, 0.6) is 0 Å². The van der Waals surface area contributed by atoms with E-state index in [2.05, 4.69) is 56.1 Å². The molecule has 4 heterocycles. The monoisotopic (exact) mass is 422 g/mol. The summed E-state index contributed by atoms with van der Waals surface area (Å²) in [7, 11) is 0. The van der Waals surface area contributed by atoms with E-state index in [4.69, 9.17) is 14.7 Å². The number of hydrogen-bond acceptors (Lipinski definition) is 5. The number of morpholine rings is 1. The number of nitrogens with zero attached hydrogens (tertiary/aromatic N) is 5. The number of fused-ring (bicyclic) bond motifs is 1. The highest BCUT2D eigenvalue weighted by atomic mass is 16.5. The van der Waals surface area contributed by atoms with E-state index in [9.17, 15) is 0 Å². The van der Waals surface area contributed by atoms with Gasteiger partial charge in [-0.05, 0) is 42.5 Å². The number of rotatable bonds is 4. The van der Waals surface area contributed by atoms with Crippen molar-refractivity contribution in [2.45, 2.75) is 0 Å². The van der Waals surface area contributed by atoms with Gasteiger partial charge in [0, 0.05) is 36.2 Å². The fourth-order valence-corrected chi connectivity index (χ4v) is 4.18. The number of para-hydroxylation sites is 1. The molecule has 2 aromatic carbocycles. The smallest absolute Gasteiger partial charge is 0.165 e. The third-order valence-electron chi connectivity index (χ3n) is 5.78. The molecule has 0 atom stereocenters. The van der Waals surface area contributed by atoms with Crippen LogP contribution in [-0.2, 0) is 4.74 Å². The summed E-state index contributed by atoms with van der Waals surface area (Å²) in [6.07, 6.45) is 1.74. The van der Waals surface area contributed by atoms with E-state index in [1.54, 1.807) is 6.20 Å². The molecule has 0 radical (unpaired) electrons. The molecular formula is C25H22N6O. The molecule has 0 saturated carbocycles. The van der Waals surface area contributed by atoms with Crippen LogP contribution in [0.3, 0.4) is 0 Å². The number of benzene rings is 2. The van der Waals surface area contributed by atoms with Crippen molar-refractivity contribution in [3.63, 3.8) is 0 Å². The van der Waals surface area contributed by atoms with Crippen LogP contribution >= 0.6 is 0 Å². The summed E-state index contributed by atoms with van der Waals surface area (Å²) >= 11 is 0. The summed E-state index contributed by atoms with van der Waals surface area (Å²) in [5.41, 5.74) is 6.71. The molecule has 6 rings (SSSR count). The lowest BCUT2D eigenvalue weighted by atomic mass is 10.1. The number of anilines is 1. The molecule has 1 aliphatic rings. The van der Waals surface area contributed by atoms with E-state index >= 15 is 0 Å². The summed E-state index contributed by atoms with van der Waals surface area (Å²) in [5, 5.41) is 7.15. The molecule has 0 unspecified atom stereocenters. The Morgan fingerprint density at radius 2 is 1.66 bits per heavy atom. The highest BCUT2D eigenvalue weighted by Gasteiger charge is 2.18. The minimum absolute atomic E-state index is 0.765. The van der Waals surface area contributed by atoms with Crippen molar-refractivity contribution in [1.29, 1.82) is 0 Å². The van der Waals surface area contributed by atoms with E-state index in [1.165, 1.54) is 5.69 Å². The van der Waals surface area contributed by atoms with Crippen LogP contribution in [0.1, 0.15) is 0 Å². The van der Waals surface area contributed by atoms with E-state index in [0.717, 1.165) is 65.9 Å².